The quantitative estimate of drug-likeness (QED) is 0.911. The van der Waals surface area contributed by atoms with Crippen molar-refractivity contribution in [2.24, 2.45) is 0 Å². The number of halogens is 3. The Labute approximate surface area is 117 Å². The Morgan fingerprint density at radius 2 is 1.76 bits per heavy atom. The number of ether oxygens (including phenoxy) is 1. The average molecular weight is 297 g/mol. The van der Waals surface area contributed by atoms with Gasteiger partial charge in [-0.25, -0.2) is 0 Å². The monoisotopic (exact) mass is 297 g/mol. The minimum absolute atomic E-state index is 0.00660. The molecule has 0 heterocycles. The lowest BCUT2D eigenvalue weighted by Gasteiger charge is -2.10. The summed E-state index contributed by atoms with van der Waals surface area (Å²) in [6.07, 6.45) is -4.79. The van der Waals surface area contributed by atoms with E-state index in [1.54, 1.807) is 0 Å². The van der Waals surface area contributed by atoms with Crippen LogP contribution in [0.25, 0.3) is 0 Å². The number of rotatable bonds is 3. The average Bonchev–Trinajstić information content (AvgIpc) is 2.37. The number of carbonyl (C=O) groups excluding carboxylic acids is 1. The van der Waals surface area contributed by atoms with E-state index in [1.807, 2.05) is 0 Å². The summed E-state index contributed by atoms with van der Waals surface area (Å²) in [4.78, 5) is 11.9. The number of hydrogen-bond donors (Lipinski definition) is 2. The van der Waals surface area contributed by atoms with Crippen LogP contribution in [0.4, 0.5) is 18.9 Å². The van der Waals surface area contributed by atoms with Crippen LogP contribution in [0.3, 0.4) is 0 Å². The van der Waals surface area contributed by atoms with Gasteiger partial charge in [-0.05, 0) is 36.4 Å². The second kappa shape index (κ2) is 5.74. The van der Waals surface area contributed by atoms with E-state index in [9.17, 15) is 18.0 Å². The van der Waals surface area contributed by atoms with Crippen molar-refractivity contribution in [3.05, 3.63) is 54.1 Å². The molecule has 0 aliphatic heterocycles. The number of alkyl halides is 3. The highest BCUT2D eigenvalue weighted by Crippen LogP contribution is 2.25. The normalized spacial score (nSPS) is 11.0. The molecule has 0 aliphatic rings. The Kier molecular flexibility index (Phi) is 4.02. The lowest BCUT2D eigenvalue weighted by molar-refractivity contribution is -0.274. The summed E-state index contributed by atoms with van der Waals surface area (Å²) in [6, 6.07) is 10.4. The van der Waals surface area contributed by atoms with E-state index in [-0.39, 0.29) is 17.0 Å². The van der Waals surface area contributed by atoms with Gasteiger partial charge in [0.2, 0.25) is 0 Å². The van der Waals surface area contributed by atoms with Gasteiger partial charge in [0.25, 0.3) is 5.91 Å². The van der Waals surface area contributed by atoms with Crippen LogP contribution >= 0.6 is 0 Å². The standard InChI is InChI=1S/C14H10F3NO3/c15-14(16,17)21-12-3-1-2-10(8-12)18-13(20)9-4-6-11(19)7-5-9/h1-8,19H,(H,18,20). The molecule has 21 heavy (non-hydrogen) atoms. The molecule has 2 aromatic carbocycles. The molecule has 0 aliphatic carbocycles. The van der Waals surface area contributed by atoms with Crippen LogP contribution in [0.1, 0.15) is 10.4 Å². The number of carbonyl (C=O) groups is 1. The smallest absolute Gasteiger partial charge is 0.508 e. The summed E-state index contributed by atoms with van der Waals surface area (Å²) in [7, 11) is 0. The van der Waals surface area contributed by atoms with Crippen molar-refractivity contribution in [3.8, 4) is 11.5 Å². The van der Waals surface area contributed by atoms with Crippen LogP contribution in [0.2, 0.25) is 0 Å². The minimum Gasteiger partial charge on any atom is -0.508 e. The lowest BCUT2D eigenvalue weighted by atomic mass is 10.2. The summed E-state index contributed by atoms with van der Waals surface area (Å²) >= 11 is 0. The second-order valence-electron chi connectivity index (χ2n) is 4.08. The fraction of sp³-hybridized carbons (Fsp3) is 0.0714. The van der Waals surface area contributed by atoms with Crippen LogP contribution in [0.5, 0.6) is 11.5 Å². The first-order valence-electron chi connectivity index (χ1n) is 5.80. The molecule has 0 atom stereocenters. The first-order valence-corrected chi connectivity index (χ1v) is 5.80. The summed E-state index contributed by atoms with van der Waals surface area (Å²) < 4.78 is 40.1. The molecule has 0 unspecified atom stereocenters. The molecule has 0 radical (unpaired) electrons. The van der Waals surface area contributed by atoms with E-state index < -0.39 is 18.0 Å². The van der Waals surface area contributed by atoms with E-state index in [2.05, 4.69) is 10.1 Å². The molecule has 0 saturated heterocycles. The zero-order valence-electron chi connectivity index (χ0n) is 10.5. The third-order valence-corrected chi connectivity index (χ3v) is 2.45. The van der Waals surface area contributed by atoms with Gasteiger partial charge in [0.05, 0.1) is 0 Å². The molecule has 2 rings (SSSR count). The van der Waals surface area contributed by atoms with Crippen LogP contribution in [0, 0.1) is 0 Å². The number of anilines is 1. The van der Waals surface area contributed by atoms with Crippen molar-refractivity contribution in [1.82, 2.24) is 0 Å². The molecule has 1 amide bonds. The molecule has 0 aromatic heterocycles. The minimum atomic E-state index is -4.79. The van der Waals surface area contributed by atoms with E-state index in [0.717, 1.165) is 12.1 Å². The Morgan fingerprint density at radius 3 is 2.38 bits per heavy atom. The topological polar surface area (TPSA) is 58.6 Å². The SMILES string of the molecule is O=C(Nc1cccc(OC(F)(F)F)c1)c1ccc(O)cc1. The maximum absolute atomic E-state index is 12.1. The van der Waals surface area contributed by atoms with Gasteiger partial charge >= 0.3 is 6.36 Å². The van der Waals surface area contributed by atoms with Gasteiger partial charge in [-0.15, -0.1) is 13.2 Å². The fourth-order valence-corrected chi connectivity index (χ4v) is 1.59. The van der Waals surface area contributed by atoms with Gasteiger partial charge in [-0.2, -0.15) is 0 Å². The highest BCUT2D eigenvalue weighted by Gasteiger charge is 2.31. The van der Waals surface area contributed by atoms with Crippen LogP contribution in [-0.2, 0) is 0 Å². The molecule has 0 bridgehead atoms. The number of amides is 1. The molecular formula is C14H10F3NO3. The van der Waals surface area contributed by atoms with Crippen molar-refractivity contribution in [2.75, 3.05) is 5.32 Å². The van der Waals surface area contributed by atoms with Crippen LogP contribution < -0.4 is 10.1 Å². The molecule has 2 N–H and O–H groups in total. The zero-order valence-corrected chi connectivity index (χ0v) is 10.5. The summed E-state index contributed by atoms with van der Waals surface area (Å²) in [5.41, 5.74) is 0.421. The lowest BCUT2D eigenvalue weighted by Crippen LogP contribution is -2.17. The number of aromatic hydroxyl groups is 1. The largest absolute Gasteiger partial charge is 0.573 e. The third-order valence-electron chi connectivity index (χ3n) is 2.45. The first kappa shape index (κ1) is 14.7. The molecule has 7 heteroatoms. The third kappa shape index (κ3) is 4.41. The number of phenolic OH excluding ortho intramolecular Hbond substituents is 1. The van der Waals surface area contributed by atoms with Crippen LogP contribution in [-0.4, -0.2) is 17.4 Å². The predicted octanol–water partition coefficient (Wildman–Crippen LogP) is 3.54. The van der Waals surface area contributed by atoms with Gasteiger partial charge in [0, 0.05) is 17.3 Å². The second-order valence-corrected chi connectivity index (χ2v) is 4.08. The number of benzene rings is 2. The van der Waals surface area contributed by atoms with Crippen molar-refractivity contribution < 1.29 is 27.8 Å². The van der Waals surface area contributed by atoms with Crippen molar-refractivity contribution in [2.45, 2.75) is 6.36 Å². The van der Waals surface area contributed by atoms with Crippen molar-refractivity contribution in [3.63, 3.8) is 0 Å². The highest BCUT2D eigenvalue weighted by atomic mass is 19.4. The number of nitrogens with one attached hydrogen (secondary N) is 1. The van der Waals surface area contributed by atoms with Crippen molar-refractivity contribution >= 4 is 11.6 Å². The Balaban J connectivity index is 2.10. The summed E-state index contributed by atoms with van der Waals surface area (Å²) in [5.74, 6) is -0.933. The molecule has 0 saturated carbocycles. The van der Waals surface area contributed by atoms with E-state index in [4.69, 9.17) is 5.11 Å². The first-order chi connectivity index (χ1) is 9.83. The van der Waals surface area contributed by atoms with Gasteiger partial charge in [0.15, 0.2) is 0 Å². The van der Waals surface area contributed by atoms with E-state index in [0.29, 0.717) is 0 Å². The number of hydrogen-bond acceptors (Lipinski definition) is 3. The Morgan fingerprint density at radius 1 is 1.10 bits per heavy atom. The predicted molar refractivity (Wildman–Crippen MR) is 69.2 cm³/mol. The molecular weight excluding hydrogens is 287 g/mol. The van der Waals surface area contributed by atoms with Gasteiger partial charge in [-0.3, -0.25) is 4.79 Å². The maximum Gasteiger partial charge on any atom is 0.573 e. The highest BCUT2D eigenvalue weighted by molar-refractivity contribution is 6.04. The molecule has 4 nitrogen and oxygen atoms in total. The van der Waals surface area contributed by atoms with E-state index >= 15 is 0 Å². The zero-order chi connectivity index (χ0) is 15.5. The number of phenols is 1. The summed E-state index contributed by atoms with van der Waals surface area (Å²) in [6.45, 7) is 0. The van der Waals surface area contributed by atoms with E-state index in [1.165, 1.54) is 36.4 Å². The molecule has 0 spiro atoms. The molecule has 0 fully saturated rings. The van der Waals surface area contributed by atoms with Gasteiger partial charge in [0.1, 0.15) is 11.5 Å². The fourth-order valence-electron chi connectivity index (χ4n) is 1.59. The van der Waals surface area contributed by atoms with Gasteiger partial charge < -0.3 is 15.2 Å². The van der Waals surface area contributed by atoms with Gasteiger partial charge in [-0.1, -0.05) is 6.07 Å². The maximum atomic E-state index is 12.1. The Bertz CT molecular complexity index is 639. The van der Waals surface area contributed by atoms with Crippen molar-refractivity contribution in [1.29, 1.82) is 0 Å². The van der Waals surface area contributed by atoms with Crippen LogP contribution in [0.15, 0.2) is 48.5 Å². The molecule has 110 valence electrons. The summed E-state index contributed by atoms with van der Waals surface area (Å²) in [5, 5.41) is 11.6. The molecule has 2 aromatic rings. The Hall–Kier alpha value is -2.70.